The molecule has 0 amide bonds. The highest BCUT2D eigenvalue weighted by Gasteiger charge is 2.18. The van der Waals surface area contributed by atoms with Crippen LogP contribution < -0.4 is 15.0 Å². The summed E-state index contributed by atoms with van der Waals surface area (Å²) in [7, 11) is 1.90. The van der Waals surface area contributed by atoms with Crippen LogP contribution in [0.1, 0.15) is 12.1 Å². The molecular weight excluding hydrogens is 260 g/mol. The van der Waals surface area contributed by atoms with Crippen LogP contribution in [0.3, 0.4) is 0 Å². The van der Waals surface area contributed by atoms with Gasteiger partial charge in [-0.1, -0.05) is 16.6 Å². The van der Waals surface area contributed by atoms with Gasteiger partial charge in [-0.15, -0.1) is 5.10 Å². The predicted octanol–water partition coefficient (Wildman–Crippen LogP) is 2.37. The molecule has 0 unspecified atom stereocenters. The predicted molar refractivity (Wildman–Crippen MR) is 77.1 cm³/mol. The summed E-state index contributed by atoms with van der Waals surface area (Å²) in [6.45, 7) is 2.49. The molecular formula is C13H16N4OS. The lowest BCUT2D eigenvalue weighted by atomic mass is 10.2. The average Bonchev–Trinajstić information content (AvgIpc) is 2.80. The van der Waals surface area contributed by atoms with Gasteiger partial charge in [0.05, 0.1) is 18.8 Å². The van der Waals surface area contributed by atoms with Crippen molar-refractivity contribution in [3.63, 3.8) is 0 Å². The Bertz CT molecular complexity index is 557. The van der Waals surface area contributed by atoms with Crippen LogP contribution in [0.25, 0.3) is 0 Å². The van der Waals surface area contributed by atoms with Gasteiger partial charge in [0, 0.05) is 25.1 Å². The summed E-state index contributed by atoms with van der Waals surface area (Å²) < 4.78 is 9.77. The third kappa shape index (κ3) is 2.49. The van der Waals surface area contributed by atoms with Crippen LogP contribution in [0.15, 0.2) is 24.3 Å². The van der Waals surface area contributed by atoms with Crippen LogP contribution in [0.2, 0.25) is 0 Å². The van der Waals surface area contributed by atoms with Crippen LogP contribution in [-0.4, -0.2) is 29.8 Å². The molecule has 1 aliphatic heterocycles. The lowest BCUT2D eigenvalue weighted by Gasteiger charge is -2.22. The molecule has 0 aliphatic carbocycles. The minimum Gasteiger partial charge on any atom is -0.491 e. The van der Waals surface area contributed by atoms with E-state index in [1.807, 2.05) is 25.2 Å². The van der Waals surface area contributed by atoms with Crippen molar-refractivity contribution in [3.8, 4) is 5.75 Å². The zero-order chi connectivity index (χ0) is 13.1. The number of anilines is 2. The molecule has 0 spiro atoms. The third-order valence-electron chi connectivity index (χ3n) is 3.16. The highest BCUT2D eigenvalue weighted by atomic mass is 32.1. The maximum atomic E-state index is 5.76. The van der Waals surface area contributed by atoms with Gasteiger partial charge in [-0.05, 0) is 18.6 Å². The first-order valence-electron chi connectivity index (χ1n) is 6.34. The van der Waals surface area contributed by atoms with Gasteiger partial charge in [-0.2, -0.15) is 0 Å². The highest BCUT2D eigenvalue weighted by molar-refractivity contribution is 7.10. The van der Waals surface area contributed by atoms with Crippen molar-refractivity contribution in [2.75, 3.05) is 30.4 Å². The number of hydrogen-bond acceptors (Lipinski definition) is 6. The normalized spacial score (nSPS) is 14.5. The number of nitrogens with one attached hydrogen (secondary N) is 1. The van der Waals surface area contributed by atoms with Gasteiger partial charge in [-0.25, -0.2) is 0 Å². The molecule has 0 bridgehead atoms. The summed E-state index contributed by atoms with van der Waals surface area (Å²) in [6, 6.07) is 8.16. The minimum atomic E-state index is 0.757. The molecule has 0 radical (unpaired) electrons. The molecule has 0 saturated carbocycles. The number of benzene rings is 1. The van der Waals surface area contributed by atoms with E-state index in [1.165, 1.54) is 11.5 Å². The number of hydrogen-bond donors (Lipinski definition) is 1. The second kappa shape index (κ2) is 5.44. The Morgan fingerprint density at radius 2 is 2.32 bits per heavy atom. The van der Waals surface area contributed by atoms with Gasteiger partial charge < -0.3 is 15.0 Å². The number of rotatable bonds is 3. The van der Waals surface area contributed by atoms with Crippen LogP contribution in [0.4, 0.5) is 10.7 Å². The van der Waals surface area contributed by atoms with Gasteiger partial charge in [0.15, 0.2) is 0 Å². The van der Waals surface area contributed by atoms with Crippen LogP contribution in [0, 0.1) is 0 Å². The smallest absolute Gasteiger partial charge is 0.142 e. The molecule has 0 saturated heterocycles. The van der Waals surface area contributed by atoms with Crippen molar-refractivity contribution >= 4 is 22.2 Å². The van der Waals surface area contributed by atoms with E-state index in [0.29, 0.717) is 0 Å². The molecule has 1 aliphatic rings. The van der Waals surface area contributed by atoms with E-state index in [1.54, 1.807) is 0 Å². The lowest BCUT2D eigenvalue weighted by Crippen LogP contribution is -2.23. The summed E-state index contributed by atoms with van der Waals surface area (Å²) in [4.78, 5) is 2.31. The number of ether oxygens (including phenoxy) is 1. The van der Waals surface area contributed by atoms with E-state index in [9.17, 15) is 0 Å². The molecule has 0 fully saturated rings. The molecule has 2 aromatic rings. The first-order chi connectivity index (χ1) is 9.38. The Hall–Kier alpha value is -1.82. The fourth-order valence-corrected chi connectivity index (χ4v) is 2.77. The van der Waals surface area contributed by atoms with E-state index in [-0.39, 0.29) is 0 Å². The second-order valence-electron chi connectivity index (χ2n) is 4.39. The first-order valence-corrected chi connectivity index (χ1v) is 7.11. The molecule has 2 heterocycles. The van der Waals surface area contributed by atoms with Crippen molar-refractivity contribution < 1.29 is 4.74 Å². The van der Waals surface area contributed by atoms with Crippen LogP contribution in [-0.2, 0) is 6.54 Å². The maximum absolute atomic E-state index is 5.76. The van der Waals surface area contributed by atoms with E-state index >= 15 is 0 Å². The fourth-order valence-electron chi connectivity index (χ4n) is 2.25. The first kappa shape index (κ1) is 12.2. The lowest BCUT2D eigenvalue weighted by molar-refractivity contribution is 0.322. The molecule has 5 nitrogen and oxygen atoms in total. The zero-order valence-electron chi connectivity index (χ0n) is 10.8. The highest BCUT2D eigenvalue weighted by Crippen LogP contribution is 2.32. The fraction of sp³-hybridized carbons (Fsp3) is 0.385. The summed E-state index contributed by atoms with van der Waals surface area (Å²) in [6.07, 6.45) is 1.02. The molecule has 1 aromatic heterocycles. The Kier molecular flexibility index (Phi) is 3.50. The van der Waals surface area contributed by atoms with Crippen LogP contribution >= 0.6 is 11.5 Å². The summed E-state index contributed by atoms with van der Waals surface area (Å²) in [5.41, 5.74) is 2.12. The van der Waals surface area contributed by atoms with Crippen molar-refractivity contribution in [3.05, 3.63) is 30.0 Å². The average molecular weight is 276 g/mol. The monoisotopic (exact) mass is 276 g/mol. The minimum absolute atomic E-state index is 0.757. The summed E-state index contributed by atoms with van der Waals surface area (Å²) in [5, 5.41) is 8.38. The third-order valence-corrected chi connectivity index (χ3v) is 3.94. The molecule has 3 rings (SSSR count). The van der Waals surface area contributed by atoms with Gasteiger partial charge in [-0.3, -0.25) is 0 Å². The molecule has 1 N–H and O–H groups in total. The Morgan fingerprint density at radius 1 is 1.42 bits per heavy atom. The van der Waals surface area contributed by atoms with Crippen molar-refractivity contribution in [2.24, 2.45) is 0 Å². The molecule has 1 aromatic carbocycles. The number of nitrogens with zero attached hydrogens (tertiary/aromatic N) is 3. The number of fused-ring (bicyclic) bond motifs is 1. The van der Waals surface area contributed by atoms with Crippen molar-refractivity contribution in [1.29, 1.82) is 0 Å². The number of aromatic nitrogens is 2. The quantitative estimate of drug-likeness (QED) is 0.932. The SMILES string of the molecule is CNc1snnc1CN1CCCOc2ccccc21. The molecule has 100 valence electrons. The van der Waals surface area contributed by atoms with E-state index in [2.05, 4.69) is 25.9 Å². The zero-order valence-corrected chi connectivity index (χ0v) is 11.6. The maximum Gasteiger partial charge on any atom is 0.142 e. The molecule has 19 heavy (non-hydrogen) atoms. The Balaban J connectivity index is 1.88. The standard InChI is InChI=1S/C13H16N4OS/c1-14-13-10(15-16-19-13)9-17-7-4-8-18-12-6-3-2-5-11(12)17/h2-3,5-6,14H,4,7-9H2,1H3. The molecule has 0 atom stereocenters. The van der Waals surface area contributed by atoms with E-state index in [4.69, 9.17) is 4.74 Å². The van der Waals surface area contributed by atoms with E-state index < -0.39 is 0 Å². The second-order valence-corrected chi connectivity index (χ2v) is 5.14. The number of para-hydroxylation sites is 2. The largest absolute Gasteiger partial charge is 0.491 e. The Morgan fingerprint density at radius 3 is 3.21 bits per heavy atom. The molecule has 6 heteroatoms. The van der Waals surface area contributed by atoms with Crippen molar-refractivity contribution in [1.82, 2.24) is 9.59 Å². The summed E-state index contributed by atoms with van der Waals surface area (Å²) >= 11 is 1.39. The van der Waals surface area contributed by atoms with Gasteiger partial charge in [0.25, 0.3) is 0 Å². The van der Waals surface area contributed by atoms with Gasteiger partial charge in [0.1, 0.15) is 16.4 Å². The van der Waals surface area contributed by atoms with Gasteiger partial charge >= 0.3 is 0 Å². The van der Waals surface area contributed by atoms with Crippen molar-refractivity contribution in [2.45, 2.75) is 13.0 Å². The van der Waals surface area contributed by atoms with Gasteiger partial charge in [0.2, 0.25) is 0 Å². The Labute approximate surface area is 116 Å². The van der Waals surface area contributed by atoms with Crippen LogP contribution in [0.5, 0.6) is 5.75 Å². The summed E-state index contributed by atoms with van der Waals surface area (Å²) in [5.74, 6) is 0.953. The van der Waals surface area contributed by atoms with E-state index in [0.717, 1.165) is 48.2 Å². The topological polar surface area (TPSA) is 50.3 Å².